The zero-order chi connectivity index (χ0) is 31.8. The van der Waals surface area contributed by atoms with E-state index >= 15 is 0 Å². The summed E-state index contributed by atoms with van der Waals surface area (Å²) in [6.07, 6.45) is 50.4. The third kappa shape index (κ3) is 27.5. The Hall–Kier alpha value is -0.790. The van der Waals surface area contributed by atoms with Crippen molar-refractivity contribution in [3.05, 3.63) is 12.2 Å². The van der Waals surface area contributed by atoms with Crippen LogP contribution >= 0.6 is 0 Å². The summed E-state index contributed by atoms with van der Waals surface area (Å²) < 4.78 is 5.43. The summed E-state index contributed by atoms with van der Waals surface area (Å²) in [7, 11) is 0. The van der Waals surface area contributed by atoms with E-state index in [1.165, 1.54) is 225 Å². The van der Waals surface area contributed by atoms with Gasteiger partial charge in [-0.25, -0.2) is 4.79 Å². The van der Waals surface area contributed by atoms with Crippen LogP contribution < -0.4 is 0 Å². The molecule has 3 saturated carbocycles. The fraction of sp³-hybridized carbons (Fsp3) is 0.929. The lowest BCUT2D eigenvalue weighted by molar-refractivity contribution is -0.142. The number of carbonyl (C=O) groups is 1. The molecule has 0 unspecified atom stereocenters. The van der Waals surface area contributed by atoms with Crippen molar-refractivity contribution in [3.63, 3.8) is 0 Å². The first-order valence-corrected chi connectivity index (χ1v) is 20.4. The maximum absolute atomic E-state index is 11.6. The second-order valence-electron chi connectivity index (χ2n) is 15.3. The van der Waals surface area contributed by atoms with Gasteiger partial charge in [-0.05, 0) is 19.8 Å². The first-order chi connectivity index (χ1) is 21.5. The number of ether oxygens (including phenoxy) is 1. The van der Waals surface area contributed by atoms with Gasteiger partial charge < -0.3 is 4.74 Å². The maximum Gasteiger partial charge on any atom is 0.333 e. The molecule has 0 N–H and O–H groups in total. The molecule has 0 radical (unpaired) electrons. The average Bonchev–Trinajstić information content (AvgIpc) is 2.99. The highest BCUT2D eigenvalue weighted by molar-refractivity contribution is 5.86. The number of carbonyl (C=O) groups excluding carboxylic acids is 1. The fourth-order valence-electron chi connectivity index (χ4n) is 7.22. The van der Waals surface area contributed by atoms with Crippen molar-refractivity contribution in [1.82, 2.24) is 0 Å². The van der Waals surface area contributed by atoms with Crippen LogP contribution in [0.4, 0.5) is 0 Å². The summed E-state index contributed by atoms with van der Waals surface area (Å²) in [5.41, 5.74) is 0.659. The van der Waals surface area contributed by atoms with Crippen LogP contribution in [0.2, 0.25) is 0 Å². The van der Waals surface area contributed by atoms with Gasteiger partial charge in [-0.15, -0.1) is 0 Å². The van der Waals surface area contributed by atoms with E-state index in [4.69, 9.17) is 4.74 Å². The molecule has 3 rings (SSSR count). The summed E-state index contributed by atoms with van der Waals surface area (Å²) in [5.74, 6) is -0.239. The zero-order valence-corrected chi connectivity index (χ0v) is 30.5. The monoisotopic (exact) mass is 617 g/mol. The van der Waals surface area contributed by atoms with E-state index in [1.807, 2.05) is 0 Å². The van der Waals surface area contributed by atoms with E-state index < -0.39 is 0 Å². The van der Waals surface area contributed by atoms with Gasteiger partial charge in [0.1, 0.15) is 0 Å². The molecule has 0 aliphatic heterocycles. The predicted molar refractivity (Wildman–Crippen MR) is 195 cm³/mol. The van der Waals surface area contributed by atoms with E-state index in [9.17, 15) is 4.79 Å². The van der Waals surface area contributed by atoms with Gasteiger partial charge in [0.05, 0.1) is 6.61 Å². The Bertz CT molecular complexity index is 516. The van der Waals surface area contributed by atoms with Gasteiger partial charge in [-0.3, -0.25) is 0 Å². The second kappa shape index (κ2) is 30.8. The normalized spacial score (nSPS) is 22.8. The van der Waals surface area contributed by atoms with Crippen molar-refractivity contribution >= 4 is 5.97 Å². The van der Waals surface area contributed by atoms with Gasteiger partial charge in [0.2, 0.25) is 0 Å². The molecule has 0 spiro atoms. The van der Waals surface area contributed by atoms with Crippen molar-refractivity contribution in [1.29, 1.82) is 0 Å². The minimum absolute atomic E-state index is 0.157. The highest BCUT2D eigenvalue weighted by atomic mass is 16.5. The Kier molecular flexibility index (Phi) is 28.9. The molecule has 2 nitrogen and oxygen atoms in total. The van der Waals surface area contributed by atoms with Crippen molar-refractivity contribution in [2.75, 3.05) is 6.61 Å². The standard InChI is InChI=1S/C18H32O2.2C12H24/c1-16(2)17(19)20-15-18(3)13-11-9-7-5-4-6-8-10-12-14-18;2*1-2-4-6-8-10-12-11-9-7-5-3-1/h1,4-15H2,2-3H3;2*1-12H2. The summed E-state index contributed by atoms with van der Waals surface area (Å²) in [4.78, 5) is 11.6. The van der Waals surface area contributed by atoms with Crippen LogP contribution in [0.3, 0.4) is 0 Å². The molecule has 44 heavy (non-hydrogen) atoms. The second-order valence-corrected chi connectivity index (χ2v) is 15.3. The lowest BCUT2D eigenvalue weighted by Crippen LogP contribution is -2.25. The van der Waals surface area contributed by atoms with Crippen LogP contribution in [0.5, 0.6) is 0 Å². The van der Waals surface area contributed by atoms with Crippen LogP contribution in [0, 0.1) is 5.41 Å². The van der Waals surface area contributed by atoms with Crippen molar-refractivity contribution in [2.45, 2.75) is 239 Å². The molecule has 0 aromatic heterocycles. The summed E-state index contributed by atoms with van der Waals surface area (Å²) in [6, 6.07) is 0. The van der Waals surface area contributed by atoms with Gasteiger partial charge in [-0.2, -0.15) is 0 Å². The molecular formula is C42H80O2. The Morgan fingerprint density at radius 3 is 0.795 bits per heavy atom. The Labute approximate surface area is 277 Å². The molecule has 0 amide bonds. The van der Waals surface area contributed by atoms with Gasteiger partial charge >= 0.3 is 5.97 Å². The molecule has 0 saturated heterocycles. The van der Waals surface area contributed by atoms with Gasteiger partial charge in [0, 0.05) is 11.0 Å². The SMILES string of the molecule is C1CCCCCCCCCCC1.C1CCCCCCCCCCC1.C=C(C)C(=O)OCC1(C)CCCCCCCCCCC1. The Morgan fingerprint density at radius 1 is 0.432 bits per heavy atom. The average molecular weight is 617 g/mol. The fourth-order valence-corrected chi connectivity index (χ4v) is 7.22. The third-order valence-electron chi connectivity index (χ3n) is 10.5. The van der Waals surface area contributed by atoms with Crippen molar-refractivity contribution in [2.24, 2.45) is 5.41 Å². The van der Waals surface area contributed by atoms with Crippen LogP contribution in [-0.4, -0.2) is 12.6 Å². The minimum Gasteiger partial charge on any atom is -0.462 e. The molecule has 3 fully saturated rings. The van der Waals surface area contributed by atoms with Crippen LogP contribution in [0.15, 0.2) is 12.2 Å². The summed E-state index contributed by atoms with van der Waals surface area (Å²) >= 11 is 0. The number of hydrogen-bond acceptors (Lipinski definition) is 2. The molecule has 3 aliphatic carbocycles. The lowest BCUT2D eigenvalue weighted by atomic mass is 9.80. The van der Waals surface area contributed by atoms with Gasteiger partial charge in [0.15, 0.2) is 0 Å². The molecule has 3 aliphatic rings. The molecule has 0 bridgehead atoms. The topological polar surface area (TPSA) is 26.3 Å². The molecule has 0 aromatic carbocycles. The van der Waals surface area contributed by atoms with Crippen LogP contribution in [0.1, 0.15) is 239 Å². The highest BCUT2D eigenvalue weighted by Gasteiger charge is 2.25. The Balaban J connectivity index is 0.000000348. The van der Waals surface area contributed by atoms with Crippen LogP contribution in [-0.2, 0) is 9.53 Å². The molecule has 2 heteroatoms. The van der Waals surface area contributed by atoms with Gasteiger partial charge in [-0.1, -0.05) is 225 Å². The quantitative estimate of drug-likeness (QED) is 0.233. The molecule has 0 atom stereocenters. The Morgan fingerprint density at radius 2 is 0.614 bits per heavy atom. The number of rotatable bonds is 3. The van der Waals surface area contributed by atoms with E-state index in [0.717, 1.165) is 0 Å². The van der Waals surface area contributed by atoms with Crippen molar-refractivity contribution in [3.8, 4) is 0 Å². The smallest absolute Gasteiger partial charge is 0.333 e. The van der Waals surface area contributed by atoms with Crippen molar-refractivity contribution < 1.29 is 9.53 Å². The first kappa shape index (κ1) is 41.2. The van der Waals surface area contributed by atoms with E-state index in [-0.39, 0.29) is 11.4 Å². The number of hydrogen-bond donors (Lipinski definition) is 0. The molecule has 260 valence electrons. The minimum atomic E-state index is -0.239. The summed E-state index contributed by atoms with van der Waals surface area (Å²) in [5, 5.41) is 0. The number of esters is 1. The van der Waals surface area contributed by atoms with E-state index in [0.29, 0.717) is 12.2 Å². The zero-order valence-electron chi connectivity index (χ0n) is 30.5. The van der Waals surface area contributed by atoms with Gasteiger partial charge in [0.25, 0.3) is 0 Å². The summed E-state index contributed by atoms with van der Waals surface area (Å²) in [6.45, 7) is 8.20. The lowest BCUT2D eigenvalue weighted by Gasteiger charge is -2.29. The highest BCUT2D eigenvalue weighted by Crippen LogP contribution is 2.33. The largest absolute Gasteiger partial charge is 0.462 e. The predicted octanol–water partition coefficient (Wildman–Crippen LogP) is 14.8. The first-order valence-electron chi connectivity index (χ1n) is 20.4. The third-order valence-corrected chi connectivity index (χ3v) is 10.5. The molecule has 0 aromatic rings. The molecular weight excluding hydrogens is 536 g/mol. The van der Waals surface area contributed by atoms with E-state index in [1.54, 1.807) is 6.92 Å². The van der Waals surface area contributed by atoms with E-state index in [2.05, 4.69) is 13.5 Å². The molecule has 0 heterocycles. The van der Waals surface area contributed by atoms with Crippen LogP contribution in [0.25, 0.3) is 0 Å². The maximum atomic E-state index is 11.6.